The number of hydrazone groups is 1. The maximum atomic E-state index is 12.5. The van der Waals surface area contributed by atoms with Crippen LogP contribution < -0.4 is 10.2 Å². The standard InChI is InChI=1S/C16H17F2N3O2S/c1-9-4-5-13(23-16(17)18)12(6-9)11(3)20-21-14(22)7-15-19-10(2)8-24-15/h4-6,8,16H,7H2,1-3H3,(H,21,22)/b20-11-. The van der Waals surface area contributed by atoms with Gasteiger partial charge in [0.05, 0.1) is 12.1 Å². The predicted octanol–water partition coefficient (Wildman–Crippen LogP) is 3.44. The summed E-state index contributed by atoms with van der Waals surface area (Å²) in [7, 11) is 0. The van der Waals surface area contributed by atoms with E-state index in [0.29, 0.717) is 16.3 Å². The predicted molar refractivity (Wildman–Crippen MR) is 88.7 cm³/mol. The Morgan fingerprint density at radius 2 is 2.17 bits per heavy atom. The normalized spacial score (nSPS) is 11.7. The molecule has 0 aliphatic rings. The molecule has 0 fully saturated rings. The molecule has 1 aromatic carbocycles. The van der Waals surface area contributed by atoms with Crippen LogP contribution in [0.2, 0.25) is 0 Å². The Labute approximate surface area is 142 Å². The van der Waals surface area contributed by atoms with Crippen LogP contribution >= 0.6 is 11.3 Å². The number of rotatable bonds is 6. The Balaban J connectivity index is 2.09. The minimum atomic E-state index is -2.93. The molecule has 0 bridgehead atoms. The zero-order valence-corrected chi connectivity index (χ0v) is 14.3. The lowest BCUT2D eigenvalue weighted by atomic mass is 10.1. The van der Waals surface area contributed by atoms with Gasteiger partial charge in [-0.3, -0.25) is 4.79 Å². The smallest absolute Gasteiger partial charge is 0.387 e. The van der Waals surface area contributed by atoms with Gasteiger partial charge in [-0.05, 0) is 32.9 Å². The fraction of sp³-hybridized carbons (Fsp3) is 0.312. The molecule has 0 aliphatic heterocycles. The van der Waals surface area contributed by atoms with E-state index in [-0.39, 0.29) is 18.1 Å². The van der Waals surface area contributed by atoms with Crippen LogP contribution in [0.25, 0.3) is 0 Å². The first-order valence-electron chi connectivity index (χ1n) is 7.15. The van der Waals surface area contributed by atoms with Gasteiger partial charge in [0.25, 0.3) is 0 Å². The van der Waals surface area contributed by atoms with Gasteiger partial charge in [-0.1, -0.05) is 11.6 Å². The molecule has 1 amide bonds. The highest BCUT2D eigenvalue weighted by molar-refractivity contribution is 7.09. The van der Waals surface area contributed by atoms with Crippen molar-refractivity contribution in [3.63, 3.8) is 0 Å². The first-order valence-corrected chi connectivity index (χ1v) is 8.03. The van der Waals surface area contributed by atoms with Crippen molar-refractivity contribution in [3.05, 3.63) is 45.4 Å². The third kappa shape index (κ3) is 5.09. The molecule has 24 heavy (non-hydrogen) atoms. The lowest BCUT2D eigenvalue weighted by molar-refractivity contribution is -0.120. The van der Waals surface area contributed by atoms with Crippen LogP contribution in [0.1, 0.15) is 28.8 Å². The molecule has 0 atom stereocenters. The Kier molecular flexibility index (Phi) is 5.97. The Hall–Kier alpha value is -2.35. The molecular weight excluding hydrogens is 336 g/mol. The number of amides is 1. The molecule has 1 heterocycles. The molecule has 0 saturated heterocycles. The van der Waals surface area contributed by atoms with Crippen molar-refractivity contribution in [2.75, 3.05) is 0 Å². The SMILES string of the molecule is C/C(=N/NC(=O)Cc1nc(C)cs1)c1cc(C)ccc1OC(F)F. The van der Waals surface area contributed by atoms with Gasteiger partial charge in [0.2, 0.25) is 5.91 Å². The van der Waals surface area contributed by atoms with Crippen molar-refractivity contribution in [2.45, 2.75) is 33.8 Å². The quantitative estimate of drug-likeness (QED) is 0.639. The number of ether oxygens (including phenoxy) is 1. The second-order valence-corrected chi connectivity index (χ2v) is 6.11. The average molecular weight is 353 g/mol. The molecule has 0 aliphatic carbocycles. The van der Waals surface area contributed by atoms with Crippen LogP contribution in [0.3, 0.4) is 0 Å². The van der Waals surface area contributed by atoms with Crippen LogP contribution in [0.4, 0.5) is 8.78 Å². The molecule has 5 nitrogen and oxygen atoms in total. The van der Waals surface area contributed by atoms with E-state index in [9.17, 15) is 13.6 Å². The number of aryl methyl sites for hydroxylation is 2. The third-order valence-corrected chi connectivity index (χ3v) is 4.03. The molecule has 2 aromatic rings. The highest BCUT2D eigenvalue weighted by atomic mass is 32.1. The van der Waals surface area contributed by atoms with Gasteiger partial charge in [-0.2, -0.15) is 13.9 Å². The molecule has 128 valence electrons. The van der Waals surface area contributed by atoms with E-state index in [4.69, 9.17) is 0 Å². The van der Waals surface area contributed by atoms with E-state index in [1.165, 1.54) is 17.4 Å². The van der Waals surface area contributed by atoms with Gasteiger partial charge in [0, 0.05) is 16.6 Å². The van der Waals surface area contributed by atoms with Crippen LogP contribution in [-0.2, 0) is 11.2 Å². The number of hydrogen-bond acceptors (Lipinski definition) is 5. The van der Waals surface area contributed by atoms with E-state index >= 15 is 0 Å². The first-order chi connectivity index (χ1) is 11.3. The van der Waals surface area contributed by atoms with E-state index < -0.39 is 6.61 Å². The fourth-order valence-electron chi connectivity index (χ4n) is 1.99. The molecule has 0 unspecified atom stereocenters. The number of alkyl halides is 2. The maximum Gasteiger partial charge on any atom is 0.387 e. The summed E-state index contributed by atoms with van der Waals surface area (Å²) < 4.78 is 29.5. The summed E-state index contributed by atoms with van der Waals surface area (Å²) in [5, 5.41) is 6.52. The van der Waals surface area contributed by atoms with Crippen molar-refractivity contribution in [1.82, 2.24) is 10.4 Å². The summed E-state index contributed by atoms with van der Waals surface area (Å²) >= 11 is 1.40. The van der Waals surface area contributed by atoms with Crippen molar-refractivity contribution in [2.24, 2.45) is 5.10 Å². The summed E-state index contributed by atoms with van der Waals surface area (Å²) in [6, 6.07) is 4.79. The molecule has 1 aromatic heterocycles. The number of benzene rings is 1. The lowest BCUT2D eigenvalue weighted by Crippen LogP contribution is -2.21. The first kappa shape index (κ1) is 18.0. The molecule has 0 spiro atoms. The number of carbonyl (C=O) groups is 1. The van der Waals surface area contributed by atoms with Crippen LogP contribution in [0.5, 0.6) is 5.75 Å². The van der Waals surface area contributed by atoms with Crippen molar-refractivity contribution in [1.29, 1.82) is 0 Å². The van der Waals surface area contributed by atoms with Gasteiger partial charge in [0.15, 0.2) is 0 Å². The van der Waals surface area contributed by atoms with E-state index in [0.717, 1.165) is 11.3 Å². The van der Waals surface area contributed by atoms with E-state index in [1.54, 1.807) is 19.1 Å². The van der Waals surface area contributed by atoms with Crippen molar-refractivity contribution >= 4 is 23.0 Å². The Morgan fingerprint density at radius 3 is 2.79 bits per heavy atom. The number of nitrogens with one attached hydrogen (secondary N) is 1. The van der Waals surface area contributed by atoms with Crippen LogP contribution in [0.15, 0.2) is 28.7 Å². The number of carbonyl (C=O) groups excluding carboxylic acids is 1. The summed E-state index contributed by atoms with van der Waals surface area (Å²) in [6.07, 6.45) is 0.115. The molecule has 0 saturated carbocycles. The number of halogens is 2. The van der Waals surface area contributed by atoms with Gasteiger partial charge in [0.1, 0.15) is 10.8 Å². The fourth-order valence-corrected chi connectivity index (χ4v) is 2.76. The Bertz CT molecular complexity index is 760. The second kappa shape index (κ2) is 7.96. The summed E-state index contributed by atoms with van der Waals surface area (Å²) in [6.45, 7) is 2.36. The molecule has 0 radical (unpaired) electrons. The van der Waals surface area contributed by atoms with Crippen LogP contribution in [0, 0.1) is 13.8 Å². The topological polar surface area (TPSA) is 63.6 Å². The molecular formula is C16H17F2N3O2S. The van der Waals surface area contributed by atoms with Crippen LogP contribution in [-0.4, -0.2) is 23.2 Å². The van der Waals surface area contributed by atoms with E-state index in [1.807, 2.05) is 19.2 Å². The highest BCUT2D eigenvalue weighted by Crippen LogP contribution is 2.22. The largest absolute Gasteiger partial charge is 0.434 e. The molecule has 1 N–H and O–H groups in total. The number of aromatic nitrogens is 1. The van der Waals surface area contributed by atoms with Gasteiger partial charge < -0.3 is 4.74 Å². The number of nitrogens with zero attached hydrogens (tertiary/aromatic N) is 2. The average Bonchev–Trinajstić information content (AvgIpc) is 2.91. The van der Waals surface area contributed by atoms with Gasteiger partial charge in [-0.25, -0.2) is 10.4 Å². The third-order valence-electron chi connectivity index (χ3n) is 3.07. The van der Waals surface area contributed by atoms with Gasteiger partial charge >= 0.3 is 6.61 Å². The zero-order chi connectivity index (χ0) is 17.7. The lowest BCUT2D eigenvalue weighted by Gasteiger charge is -2.11. The minimum absolute atomic E-state index is 0.0154. The molecule has 8 heteroatoms. The maximum absolute atomic E-state index is 12.5. The second-order valence-electron chi connectivity index (χ2n) is 5.17. The Morgan fingerprint density at radius 1 is 1.42 bits per heavy atom. The van der Waals surface area contributed by atoms with Crippen molar-refractivity contribution in [3.8, 4) is 5.75 Å². The minimum Gasteiger partial charge on any atom is -0.434 e. The van der Waals surface area contributed by atoms with Gasteiger partial charge in [-0.15, -0.1) is 11.3 Å². The highest BCUT2D eigenvalue weighted by Gasteiger charge is 2.13. The summed E-state index contributed by atoms with van der Waals surface area (Å²) in [5.74, 6) is -0.311. The summed E-state index contributed by atoms with van der Waals surface area (Å²) in [5.41, 5.74) is 4.91. The van der Waals surface area contributed by atoms with E-state index in [2.05, 4.69) is 20.2 Å². The summed E-state index contributed by atoms with van der Waals surface area (Å²) in [4.78, 5) is 16.1. The molecule has 2 rings (SSSR count). The number of thiazole rings is 1. The zero-order valence-electron chi connectivity index (χ0n) is 13.5. The van der Waals surface area contributed by atoms with Crippen molar-refractivity contribution < 1.29 is 18.3 Å². The number of hydrogen-bond donors (Lipinski definition) is 1. The monoisotopic (exact) mass is 353 g/mol.